The maximum Gasteiger partial charge on any atom is 0.0779 e. The maximum absolute atomic E-state index is 6.01. The first-order valence-corrected chi connectivity index (χ1v) is 7.23. The fourth-order valence-corrected chi connectivity index (χ4v) is 3.18. The summed E-state index contributed by atoms with van der Waals surface area (Å²) < 4.78 is 11.3. The van der Waals surface area contributed by atoms with Gasteiger partial charge in [-0.25, -0.2) is 0 Å². The highest BCUT2D eigenvalue weighted by Crippen LogP contribution is 2.31. The number of nitrogens with one attached hydrogen (secondary N) is 1. The molecule has 1 heterocycles. The molecule has 0 spiro atoms. The molecule has 0 radical (unpaired) electrons. The summed E-state index contributed by atoms with van der Waals surface area (Å²) in [6.07, 6.45) is 7.19. The highest BCUT2D eigenvalue weighted by molar-refractivity contribution is 4.96. The molecule has 1 aliphatic heterocycles. The Kier molecular flexibility index (Phi) is 4.64. The van der Waals surface area contributed by atoms with Gasteiger partial charge in [-0.15, -0.1) is 0 Å². The van der Waals surface area contributed by atoms with Crippen molar-refractivity contribution < 1.29 is 9.47 Å². The first kappa shape index (κ1) is 14.3. The summed E-state index contributed by atoms with van der Waals surface area (Å²) in [7, 11) is 1.81. The van der Waals surface area contributed by atoms with Gasteiger partial charge in [0.1, 0.15) is 0 Å². The van der Waals surface area contributed by atoms with Gasteiger partial charge in [0, 0.05) is 32.3 Å². The highest BCUT2D eigenvalue weighted by Gasteiger charge is 2.37. The summed E-state index contributed by atoms with van der Waals surface area (Å²) >= 11 is 0. The van der Waals surface area contributed by atoms with Gasteiger partial charge >= 0.3 is 0 Å². The van der Waals surface area contributed by atoms with E-state index < -0.39 is 0 Å². The molecule has 0 aromatic rings. The van der Waals surface area contributed by atoms with Crippen molar-refractivity contribution in [3.05, 3.63) is 0 Å². The number of nitrogens with two attached hydrogens (primary N) is 1. The van der Waals surface area contributed by atoms with Crippen LogP contribution >= 0.6 is 0 Å². The van der Waals surface area contributed by atoms with Crippen LogP contribution in [0.1, 0.15) is 45.4 Å². The molecule has 1 unspecified atom stereocenters. The summed E-state index contributed by atoms with van der Waals surface area (Å²) in [5, 5.41) is 3.71. The van der Waals surface area contributed by atoms with Gasteiger partial charge in [0.25, 0.3) is 0 Å². The fraction of sp³-hybridized carbons (Fsp3) is 1.00. The Hall–Kier alpha value is -0.160. The lowest BCUT2D eigenvalue weighted by Gasteiger charge is -2.41. The quantitative estimate of drug-likeness (QED) is 0.781. The minimum Gasteiger partial charge on any atom is -0.381 e. The molecular formula is C14H28N2O2. The van der Waals surface area contributed by atoms with Gasteiger partial charge in [-0.1, -0.05) is 0 Å². The fourth-order valence-electron chi connectivity index (χ4n) is 3.18. The van der Waals surface area contributed by atoms with Gasteiger partial charge in [0.2, 0.25) is 0 Å². The van der Waals surface area contributed by atoms with E-state index in [1.165, 1.54) is 6.42 Å². The Morgan fingerprint density at radius 2 is 2.06 bits per heavy atom. The Balaban J connectivity index is 1.85. The predicted octanol–water partition coefficient (Wildman–Crippen LogP) is 1.43. The van der Waals surface area contributed by atoms with Crippen LogP contribution in [-0.4, -0.2) is 44.1 Å². The molecule has 0 aromatic carbocycles. The number of rotatable bonds is 5. The van der Waals surface area contributed by atoms with Gasteiger partial charge in [0.15, 0.2) is 0 Å². The number of hydrogen-bond acceptors (Lipinski definition) is 4. The van der Waals surface area contributed by atoms with E-state index in [9.17, 15) is 0 Å². The van der Waals surface area contributed by atoms with Crippen molar-refractivity contribution in [1.82, 2.24) is 5.32 Å². The molecule has 3 N–H and O–H groups in total. The van der Waals surface area contributed by atoms with Crippen molar-refractivity contribution >= 4 is 0 Å². The molecule has 1 saturated heterocycles. The van der Waals surface area contributed by atoms with Crippen molar-refractivity contribution in [2.24, 2.45) is 5.73 Å². The van der Waals surface area contributed by atoms with Gasteiger partial charge < -0.3 is 20.5 Å². The molecule has 18 heavy (non-hydrogen) atoms. The van der Waals surface area contributed by atoms with Crippen LogP contribution in [0.25, 0.3) is 0 Å². The first-order valence-electron chi connectivity index (χ1n) is 7.23. The Labute approximate surface area is 111 Å². The van der Waals surface area contributed by atoms with E-state index in [4.69, 9.17) is 15.2 Å². The van der Waals surface area contributed by atoms with Gasteiger partial charge in [-0.3, -0.25) is 0 Å². The molecule has 2 aliphatic rings. The monoisotopic (exact) mass is 256 g/mol. The minimum atomic E-state index is 0.0142. The van der Waals surface area contributed by atoms with Crippen LogP contribution in [0.2, 0.25) is 0 Å². The lowest BCUT2D eigenvalue weighted by molar-refractivity contribution is 0.00292. The Morgan fingerprint density at radius 3 is 2.56 bits per heavy atom. The van der Waals surface area contributed by atoms with Crippen molar-refractivity contribution in [1.29, 1.82) is 0 Å². The SMILES string of the molecule is COC1CCC(CN)(NCC2(C)CCCO2)CC1. The van der Waals surface area contributed by atoms with Gasteiger partial charge in [-0.05, 0) is 45.4 Å². The lowest BCUT2D eigenvalue weighted by atomic mass is 9.80. The molecule has 1 atom stereocenters. The largest absolute Gasteiger partial charge is 0.381 e. The van der Waals surface area contributed by atoms with E-state index in [1.54, 1.807) is 7.11 Å². The van der Waals surface area contributed by atoms with Crippen molar-refractivity contribution in [2.45, 2.75) is 62.7 Å². The summed E-state index contributed by atoms with van der Waals surface area (Å²) in [5.74, 6) is 0. The van der Waals surface area contributed by atoms with E-state index in [1.807, 2.05) is 0 Å². The van der Waals surface area contributed by atoms with E-state index in [2.05, 4.69) is 12.2 Å². The van der Waals surface area contributed by atoms with Crippen LogP contribution < -0.4 is 11.1 Å². The average Bonchev–Trinajstić information content (AvgIpc) is 2.85. The van der Waals surface area contributed by atoms with E-state index in [-0.39, 0.29) is 11.1 Å². The molecule has 0 aromatic heterocycles. The molecule has 106 valence electrons. The number of ether oxygens (including phenoxy) is 2. The normalized spacial score (nSPS) is 41.2. The summed E-state index contributed by atoms with van der Waals surface area (Å²) in [5.41, 5.74) is 6.12. The summed E-state index contributed by atoms with van der Waals surface area (Å²) in [6, 6.07) is 0. The second-order valence-electron chi connectivity index (χ2n) is 6.17. The Morgan fingerprint density at radius 1 is 1.33 bits per heavy atom. The third-order valence-electron chi connectivity index (χ3n) is 4.75. The molecule has 4 heteroatoms. The molecule has 2 rings (SSSR count). The van der Waals surface area contributed by atoms with Crippen molar-refractivity contribution in [2.75, 3.05) is 26.8 Å². The molecular weight excluding hydrogens is 228 g/mol. The van der Waals surface area contributed by atoms with Gasteiger partial charge in [-0.2, -0.15) is 0 Å². The van der Waals surface area contributed by atoms with Crippen LogP contribution in [0, 0.1) is 0 Å². The van der Waals surface area contributed by atoms with Gasteiger partial charge in [0.05, 0.1) is 11.7 Å². The Bertz CT molecular complexity index is 257. The van der Waals surface area contributed by atoms with Crippen LogP contribution in [-0.2, 0) is 9.47 Å². The van der Waals surface area contributed by atoms with E-state index in [0.29, 0.717) is 12.6 Å². The third kappa shape index (κ3) is 3.23. The van der Waals surface area contributed by atoms with Crippen LogP contribution in [0.3, 0.4) is 0 Å². The summed E-state index contributed by atoms with van der Waals surface area (Å²) in [6.45, 7) is 4.74. The molecule has 1 saturated carbocycles. The molecule has 0 amide bonds. The second-order valence-corrected chi connectivity index (χ2v) is 6.17. The van der Waals surface area contributed by atoms with Crippen molar-refractivity contribution in [3.8, 4) is 0 Å². The summed E-state index contributed by atoms with van der Waals surface area (Å²) in [4.78, 5) is 0. The third-order valence-corrected chi connectivity index (χ3v) is 4.75. The minimum absolute atomic E-state index is 0.0142. The molecule has 1 aliphatic carbocycles. The predicted molar refractivity (Wildman–Crippen MR) is 72.6 cm³/mol. The van der Waals surface area contributed by atoms with Crippen LogP contribution in [0.15, 0.2) is 0 Å². The highest BCUT2D eigenvalue weighted by atomic mass is 16.5. The number of hydrogen-bond donors (Lipinski definition) is 2. The zero-order chi connectivity index (χ0) is 13.1. The smallest absolute Gasteiger partial charge is 0.0779 e. The first-order chi connectivity index (χ1) is 8.61. The lowest BCUT2D eigenvalue weighted by Crippen LogP contribution is -2.57. The molecule has 4 nitrogen and oxygen atoms in total. The molecule has 0 bridgehead atoms. The topological polar surface area (TPSA) is 56.5 Å². The molecule has 2 fully saturated rings. The standard InChI is InChI=1S/C14H28N2O2/c1-13(6-3-9-18-13)11-16-14(10-15)7-4-12(17-2)5-8-14/h12,16H,3-11,15H2,1-2H3. The van der Waals surface area contributed by atoms with Crippen molar-refractivity contribution in [3.63, 3.8) is 0 Å². The average molecular weight is 256 g/mol. The van der Waals surface area contributed by atoms with Crippen LogP contribution in [0.4, 0.5) is 0 Å². The maximum atomic E-state index is 6.01. The zero-order valence-corrected chi connectivity index (χ0v) is 11.8. The zero-order valence-electron chi connectivity index (χ0n) is 11.8. The number of methoxy groups -OCH3 is 1. The van der Waals surface area contributed by atoms with Crippen LogP contribution in [0.5, 0.6) is 0 Å². The van der Waals surface area contributed by atoms with E-state index >= 15 is 0 Å². The van der Waals surface area contributed by atoms with E-state index in [0.717, 1.165) is 45.3 Å². The second kappa shape index (κ2) is 5.87.